The van der Waals surface area contributed by atoms with Gasteiger partial charge in [0.15, 0.2) is 0 Å². The van der Waals surface area contributed by atoms with Crippen molar-refractivity contribution in [3.63, 3.8) is 0 Å². The fraction of sp³-hybridized carbons (Fsp3) is 1.00. The Hall–Kier alpha value is 0.0700. The molecule has 0 aromatic heterocycles. The number of hydrogen-bond donors (Lipinski definition) is 0. The Morgan fingerprint density at radius 1 is 0.688 bits per heavy atom. The molecule has 0 aromatic carbocycles. The van der Waals surface area contributed by atoms with Crippen molar-refractivity contribution in [1.29, 1.82) is 0 Å². The summed E-state index contributed by atoms with van der Waals surface area (Å²) < 4.78 is 23.1. The Kier molecular flexibility index (Phi) is 2.84. The van der Waals surface area contributed by atoms with Crippen molar-refractivity contribution >= 4 is 11.4 Å². The van der Waals surface area contributed by atoms with Crippen LogP contribution in [0.15, 0.2) is 0 Å². The molecular formula is C12H20O3S. The Morgan fingerprint density at radius 2 is 1.06 bits per heavy atom. The van der Waals surface area contributed by atoms with E-state index in [9.17, 15) is 4.21 Å². The smallest absolute Gasteiger partial charge is 0.259 e. The molecule has 0 aromatic rings. The predicted molar refractivity (Wildman–Crippen MR) is 61.9 cm³/mol. The van der Waals surface area contributed by atoms with Crippen molar-refractivity contribution in [3.8, 4) is 0 Å². The van der Waals surface area contributed by atoms with Crippen LogP contribution in [0.25, 0.3) is 0 Å². The van der Waals surface area contributed by atoms with Crippen LogP contribution < -0.4 is 0 Å². The summed E-state index contributed by atoms with van der Waals surface area (Å²) in [7, 11) is 0. The maximum absolute atomic E-state index is 11.7. The summed E-state index contributed by atoms with van der Waals surface area (Å²) in [6.45, 7) is 0. The lowest BCUT2D eigenvalue weighted by Crippen LogP contribution is -2.53. The quantitative estimate of drug-likeness (QED) is 0.657. The maximum Gasteiger partial charge on any atom is 0.305 e. The summed E-state index contributed by atoms with van der Waals surface area (Å²) in [6, 6.07) is 0. The van der Waals surface area contributed by atoms with Crippen molar-refractivity contribution in [2.24, 2.45) is 0 Å². The summed E-state index contributed by atoms with van der Waals surface area (Å²) in [5.74, 6) is 0. The van der Waals surface area contributed by atoms with Gasteiger partial charge in [-0.05, 0) is 25.7 Å². The number of fused-ring (bicyclic) bond motifs is 1. The molecule has 0 N–H and O–H groups in total. The first-order valence-electron chi connectivity index (χ1n) is 6.57. The first-order valence-corrected chi connectivity index (χ1v) is 7.57. The van der Waals surface area contributed by atoms with E-state index >= 15 is 0 Å². The molecule has 0 bridgehead atoms. The molecule has 2 saturated carbocycles. The molecule has 2 spiro atoms. The molecule has 0 atom stereocenters. The first-order chi connectivity index (χ1) is 7.77. The number of hydrogen-bond acceptors (Lipinski definition) is 3. The van der Waals surface area contributed by atoms with Crippen LogP contribution in [-0.4, -0.2) is 15.4 Å². The minimum Gasteiger partial charge on any atom is -0.259 e. The molecule has 2 aliphatic carbocycles. The standard InChI is InChI=1S/C12H20O3S/c13-16-14-11(7-3-1-4-8-11)12(15-16)9-5-2-6-10-12/h1-10H2. The van der Waals surface area contributed by atoms with Gasteiger partial charge in [0.2, 0.25) is 0 Å². The van der Waals surface area contributed by atoms with Gasteiger partial charge in [0.05, 0.1) is 0 Å². The topological polar surface area (TPSA) is 35.5 Å². The second kappa shape index (κ2) is 4.07. The molecule has 4 heteroatoms. The van der Waals surface area contributed by atoms with Crippen LogP contribution in [0.3, 0.4) is 0 Å². The summed E-state index contributed by atoms with van der Waals surface area (Å²) >= 11 is -1.50. The molecule has 3 fully saturated rings. The Morgan fingerprint density at radius 3 is 1.44 bits per heavy atom. The highest BCUT2D eigenvalue weighted by molar-refractivity contribution is 7.75. The van der Waals surface area contributed by atoms with E-state index < -0.39 is 11.4 Å². The van der Waals surface area contributed by atoms with Gasteiger partial charge in [-0.25, -0.2) is 0 Å². The average molecular weight is 244 g/mol. The summed E-state index contributed by atoms with van der Waals surface area (Å²) in [4.78, 5) is 0. The molecule has 0 radical (unpaired) electrons. The molecule has 1 heterocycles. The van der Waals surface area contributed by atoms with Gasteiger partial charge in [0, 0.05) is 0 Å². The zero-order valence-corrected chi connectivity index (χ0v) is 10.5. The lowest BCUT2D eigenvalue weighted by atomic mass is 9.66. The molecule has 3 aliphatic rings. The predicted octanol–water partition coefficient (Wildman–Crippen LogP) is 3.02. The van der Waals surface area contributed by atoms with Crippen molar-refractivity contribution < 1.29 is 12.6 Å². The molecule has 16 heavy (non-hydrogen) atoms. The van der Waals surface area contributed by atoms with E-state index in [1.165, 1.54) is 38.5 Å². The lowest BCUT2D eigenvalue weighted by Gasteiger charge is -2.45. The Balaban J connectivity index is 1.91. The van der Waals surface area contributed by atoms with Crippen molar-refractivity contribution in [2.75, 3.05) is 0 Å². The fourth-order valence-corrected chi connectivity index (χ4v) is 4.95. The largest absolute Gasteiger partial charge is 0.305 e. The monoisotopic (exact) mass is 244 g/mol. The van der Waals surface area contributed by atoms with Gasteiger partial charge in [0.25, 0.3) is 0 Å². The molecule has 0 unspecified atom stereocenters. The Bertz CT molecular complexity index is 263. The highest BCUT2D eigenvalue weighted by atomic mass is 32.2. The van der Waals surface area contributed by atoms with Gasteiger partial charge < -0.3 is 0 Å². The highest BCUT2D eigenvalue weighted by Crippen LogP contribution is 2.53. The molecular weight excluding hydrogens is 224 g/mol. The summed E-state index contributed by atoms with van der Waals surface area (Å²) in [5, 5.41) is 0. The fourth-order valence-electron chi connectivity index (χ4n) is 3.75. The van der Waals surface area contributed by atoms with Crippen molar-refractivity contribution in [1.82, 2.24) is 0 Å². The minimum absolute atomic E-state index is 0.212. The van der Waals surface area contributed by atoms with E-state index in [1.54, 1.807) is 0 Å². The van der Waals surface area contributed by atoms with Crippen LogP contribution in [0, 0.1) is 0 Å². The molecule has 3 nitrogen and oxygen atoms in total. The van der Waals surface area contributed by atoms with E-state index in [1.807, 2.05) is 0 Å². The molecule has 92 valence electrons. The van der Waals surface area contributed by atoms with Gasteiger partial charge in [-0.2, -0.15) is 4.21 Å². The van der Waals surface area contributed by atoms with Crippen LogP contribution in [0.1, 0.15) is 64.2 Å². The molecule has 1 aliphatic heterocycles. The maximum atomic E-state index is 11.7. The SMILES string of the molecule is O=S1OC2(CCCCC2)C2(CCCCC2)O1. The van der Waals surface area contributed by atoms with Crippen LogP contribution >= 0.6 is 0 Å². The van der Waals surface area contributed by atoms with Gasteiger partial charge in [0.1, 0.15) is 11.2 Å². The molecule has 3 rings (SSSR count). The third-order valence-electron chi connectivity index (χ3n) is 4.61. The molecule has 1 saturated heterocycles. The van der Waals surface area contributed by atoms with Crippen LogP contribution in [0.5, 0.6) is 0 Å². The molecule has 0 amide bonds. The van der Waals surface area contributed by atoms with E-state index in [4.69, 9.17) is 8.37 Å². The third kappa shape index (κ3) is 1.57. The average Bonchev–Trinajstić information content (AvgIpc) is 2.53. The second-order valence-electron chi connectivity index (χ2n) is 5.48. The van der Waals surface area contributed by atoms with Gasteiger partial charge >= 0.3 is 11.4 Å². The van der Waals surface area contributed by atoms with Gasteiger partial charge in [-0.15, -0.1) is 0 Å². The van der Waals surface area contributed by atoms with E-state index in [2.05, 4.69) is 0 Å². The van der Waals surface area contributed by atoms with Crippen LogP contribution in [0.2, 0.25) is 0 Å². The van der Waals surface area contributed by atoms with Gasteiger partial charge in [-0.3, -0.25) is 8.37 Å². The van der Waals surface area contributed by atoms with Crippen LogP contribution in [-0.2, 0) is 19.7 Å². The lowest BCUT2D eigenvalue weighted by molar-refractivity contribution is -0.0923. The summed E-state index contributed by atoms with van der Waals surface area (Å²) in [5.41, 5.74) is -0.424. The van der Waals surface area contributed by atoms with E-state index in [-0.39, 0.29) is 11.2 Å². The zero-order valence-electron chi connectivity index (χ0n) is 9.70. The minimum atomic E-state index is -1.50. The summed E-state index contributed by atoms with van der Waals surface area (Å²) in [6.07, 6.45) is 11.5. The van der Waals surface area contributed by atoms with Crippen molar-refractivity contribution in [2.45, 2.75) is 75.4 Å². The van der Waals surface area contributed by atoms with Gasteiger partial charge in [-0.1, -0.05) is 38.5 Å². The Labute approximate surface area is 99.8 Å². The van der Waals surface area contributed by atoms with Crippen LogP contribution in [0.4, 0.5) is 0 Å². The highest BCUT2D eigenvalue weighted by Gasteiger charge is 2.61. The van der Waals surface area contributed by atoms with Crippen molar-refractivity contribution in [3.05, 3.63) is 0 Å². The van der Waals surface area contributed by atoms with E-state index in [0.29, 0.717) is 0 Å². The zero-order chi connectivity index (χ0) is 11.1. The normalized spacial score (nSPS) is 33.5. The first kappa shape index (κ1) is 11.2. The second-order valence-corrected chi connectivity index (χ2v) is 6.22. The number of rotatable bonds is 0. The third-order valence-corrected chi connectivity index (χ3v) is 5.52. The van der Waals surface area contributed by atoms with E-state index in [0.717, 1.165) is 25.7 Å².